The number of halogens is 4. The van der Waals surface area contributed by atoms with Crippen LogP contribution < -0.4 is 5.73 Å². The summed E-state index contributed by atoms with van der Waals surface area (Å²) in [6, 6.07) is 0. The molecule has 0 bridgehead atoms. The van der Waals surface area contributed by atoms with Crippen molar-refractivity contribution in [3.05, 3.63) is 20.9 Å². The van der Waals surface area contributed by atoms with Gasteiger partial charge in [-0.2, -0.15) is 0 Å². The second kappa shape index (κ2) is 4.50. The molecule has 13 heavy (non-hydrogen) atoms. The molecular formula is C7H6BrF2IN2. The first-order valence-corrected chi connectivity index (χ1v) is 5.54. The van der Waals surface area contributed by atoms with Crippen LogP contribution in [0.1, 0.15) is 17.6 Å². The molecule has 0 radical (unpaired) electrons. The first kappa shape index (κ1) is 11.1. The molecule has 72 valence electrons. The summed E-state index contributed by atoms with van der Waals surface area (Å²) in [5, 5.41) is 0.498. The molecule has 1 rings (SSSR count). The van der Waals surface area contributed by atoms with Gasteiger partial charge in [0, 0.05) is 15.1 Å². The van der Waals surface area contributed by atoms with E-state index in [0.29, 0.717) is 8.90 Å². The third-order valence-corrected chi connectivity index (χ3v) is 3.39. The maximum atomic E-state index is 12.5. The number of pyridine rings is 1. The maximum absolute atomic E-state index is 12.5. The predicted octanol–water partition coefficient (Wildman–Crippen LogP) is 3.10. The van der Waals surface area contributed by atoms with Crippen LogP contribution in [-0.2, 0) is 5.33 Å². The Hall–Kier alpha value is 0.0200. The fraction of sp³-hybridized carbons (Fsp3) is 0.286. The summed E-state index contributed by atoms with van der Waals surface area (Å²) in [5.41, 5.74) is 5.89. The highest BCUT2D eigenvalue weighted by Crippen LogP contribution is 2.31. The van der Waals surface area contributed by atoms with Crippen molar-refractivity contribution < 1.29 is 8.78 Å². The van der Waals surface area contributed by atoms with Gasteiger partial charge in [-0.05, 0) is 28.2 Å². The van der Waals surface area contributed by atoms with Crippen LogP contribution >= 0.6 is 38.5 Å². The molecule has 0 saturated carbocycles. The summed E-state index contributed by atoms with van der Waals surface area (Å²) >= 11 is 5.04. The lowest BCUT2D eigenvalue weighted by Crippen LogP contribution is -2.03. The Labute approximate surface area is 96.2 Å². The molecule has 2 N–H and O–H groups in total. The number of anilines is 1. The van der Waals surface area contributed by atoms with Crippen molar-refractivity contribution in [2.24, 2.45) is 0 Å². The van der Waals surface area contributed by atoms with Crippen LogP contribution in [0.15, 0.2) is 6.20 Å². The number of hydrogen-bond acceptors (Lipinski definition) is 2. The van der Waals surface area contributed by atoms with Crippen molar-refractivity contribution >= 4 is 44.3 Å². The lowest BCUT2D eigenvalue weighted by Gasteiger charge is -2.09. The van der Waals surface area contributed by atoms with Gasteiger partial charge >= 0.3 is 0 Å². The van der Waals surface area contributed by atoms with Gasteiger partial charge in [0.1, 0.15) is 5.82 Å². The van der Waals surface area contributed by atoms with E-state index in [1.54, 1.807) is 0 Å². The molecule has 1 heterocycles. The van der Waals surface area contributed by atoms with Gasteiger partial charge in [0.2, 0.25) is 0 Å². The summed E-state index contributed by atoms with van der Waals surface area (Å²) in [6.45, 7) is 0. The largest absolute Gasteiger partial charge is 0.383 e. The van der Waals surface area contributed by atoms with Gasteiger partial charge in [-0.25, -0.2) is 13.8 Å². The zero-order chi connectivity index (χ0) is 10.0. The molecule has 0 aliphatic rings. The SMILES string of the molecule is Nc1ncc(CBr)c(I)c1C(F)F. The smallest absolute Gasteiger partial charge is 0.268 e. The third-order valence-electron chi connectivity index (χ3n) is 1.52. The van der Waals surface area contributed by atoms with Gasteiger partial charge in [0.05, 0.1) is 5.56 Å². The maximum Gasteiger partial charge on any atom is 0.268 e. The topological polar surface area (TPSA) is 38.9 Å². The van der Waals surface area contributed by atoms with Crippen molar-refractivity contribution in [1.29, 1.82) is 0 Å². The number of alkyl halides is 3. The molecule has 0 aliphatic heterocycles. The first-order valence-electron chi connectivity index (χ1n) is 3.34. The molecule has 0 saturated heterocycles. The highest BCUT2D eigenvalue weighted by atomic mass is 127. The summed E-state index contributed by atoms with van der Waals surface area (Å²) < 4.78 is 25.4. The Morgan fingerprint density at radius 1 is 1.62 bits per heavy atom. The van der Waals surface area contributed by atoms with Gasteiger partial charge in [-0.1, -0.05) is 15.9 Å². The monoisotopic (exact) mass is 362 g/mol. The van der Waals surface area contributed by atoms with Crippen LogP contribution in [0.5, 0.6) is 0 Å². The van der Waals surface area contributed by atoms with E-state index in [1.807, 2.05) is 22.6 Å². The van der Waals surface area contributed by atoms with Gasteiger partial charge in [0.15, 0.2) is 0 Å². The molecule has 0 aromatic carbocycles. The van der Waals surface area contributed by atoms with E-state index in [2.05, 4.69) is 20.9 Å². The molecule has 0 aliphatic carbocycles. The minimum Gasteiger partial charge on any atom is -0.383 e. The van der Waals surface area contributed by atoms with E-state index < -0.39 is 6.43 Å². The zero-order valence-corrected chi connectivity index (χ0v) is 10.1. The first-order chi connectivity index (χ1) is 6.07. The third kappa shape index (κ3) is 2.28. The van der Waals surface area contributed by atoms with E-state index in [4.69, 9.17) is 5.73 Å². The molecule has 1 aromatic rings. The van der Waals surface area contributed by atoms with Gasteiger partial charge in [-0.3, -0.25) is 0 Å². The standard InChI is InChI=1S/C7H6BrF2IN2/c8-1-3-2-13-7(12)4(5(3)11)6(9)10/h2,6H,1H2,(H2,12,13). The number of aromatic nitrogens is 1. The van der Waals surface area contributed by atoms with Crippen molar-refractivity contribution in [1.82, 2.24) is 4.98 Å². The van der Waals surface area contributed by atoms with Crippen molar-refractivity contribution in [2.45, 2.75) is 11.8 Å². The highest BCUT2D eigenvalue weighted by molar-refractivity contribution is 14.1. The van der Waals surface area contributed by atoms with E-state index in [9.17, 15) is 8.78 Å². The number of nitrogens with two attached hydrogens (primary N) is 1. The van der Waals surface area contributed by atoms with E-state index >= 15 is 0 Å². The van der Waals surface area contributed by atoms with Gasteiger partial charge in [0.25, 0.3) is 6.43 Å². The Bertz CT molecular complexity index is 320. The van der Waals surface area contributed by atoms with Crippen LogP contribution in [0.25, 0.3) is 0 Å². The molecule has 2 nitrogen and oxygen atoms in total. The molecule has 0 spiro atoms. The lowest BCUT2D eigenvalue weighted by atomic mass is 10.2. The van der Waals surface area contributed by atoms with E-state index in [-0.39, 0.29) is 11.4 Å². The van der Waals surface area contributed by atoms with Gasteiger partial charge < -0.3 is 5.73 Å². The Balaban J connectivity index is 3.30. The molecule has 0 fully saturated rings. The molecule has 6 heteroatoms. The number of hydrogen-bond donors (Lipinski definition) is 1. The summed E-state index contributed by atoms with van der Waals surface area (Å²) in [6.07, 6.45) is -1.07. The normalized spacial score (nSPS) is 10.8. The second-order valence-corrected chi connectivity index (χ2v) is 3.97. The van der Waals surface area contributed by atoms with Crippen LogP contribution in [0, 0.1) is 3.57 Å². The number of nitrogen functional groups attached to an aromatic ring is 1. The minimum absolute atomic E-state index is 0.0934. The van der Waals surface area contributed by atoms with Crippen LogP contribution in [0.4, 0.5) is 14.6 Å². The predicted molar refractivity (Wildman–Crippen MR) is 59.0 cm³/mol. The Morgan fingerprint density at radius 3 is 2.69 bits per heavy atom. The van der Waals surface area contributed by atoms with E-state index in [0.717, 1.165) is 5.56 Å². The van der Waals surface area contributed by atoms with Crippen LogP contribution in [-0.4, -0.2) is 4.98 Å². The summed E-state index contributed by atoms with van der Waals surface area (Å²) in [5.74, 6) is -0.0934. The van der Waals surface area contributed by atoms with Crippen molar-refractivity contribution in [3.63, 3.8) is 0 Å². The lowest BCUT2D eigenvalue weighted by molar-refractivity contribution is 0.151. The second-order valence-electron chi connectivity index (χ2n) is 2.33. The molecule has 0 unspecified atom stereocenters. The number of nitrogens with zero attached hydrogens (tertiary/aromatic N) is 1. The molecule has 0 atom stereocenters. The highest BCUT2D eigenvalue weighted by Gasteiger charge is 2.18. The minimum atomic E-state index is -2.57. The van der Waals surface area contributed by atoms with Gasteiger partial charge in [-0.15, -0.1) is 0 Å². The van der Waals surface area contributed by atoms with Crippen molar-refractivity contribution in [3.8, 4) is 0 Å². The molecule has 0 amide bonds. The summed E-state index contributed by atoms with van der Waals surface area (Å²) in [7, 11) is 0. The Morgan fingerprint density at radius 2 is 2.23 bits per heavy atom. The average Bonchev–Trinajstić information content (AvgIpc) is 2.04. The van der Waals surface area contributed by atoms with Crippen LogP contribution in [0.2, 0.25) is 0 Å². The molecular weight excluding hydrogens is 357 g/mol. The van der Waals surface area contributed by atoms with E-state index in [1.165, 1.54) is 6.20 Å². The van der Waals surface area contributed by atoms with Crippen LogP contribution in [0.3, 0.4) is 0 Å². The van der Waals surface area contributed by atoms with Crippen molar-refractivity contribution in [2.75, 3.05) is 5.73 Å². The molecule has 1 aromatic heterocycles. The fourth-order valence-electron chi connectivity index (χ4n) is 0.860. The summed E-state index contributed by atoms with van der Waals surface area (Å²) in [4.78, 5) is 3.69. The number of rotatable bonds is 2. The zero-order valence-electron chi connectivity index (χ0n) is 6.40. The quantitative estimate of drug-likeness (QED) is 0.648. The average molecular weight is 363 g/mol. The Kier molecular flexibility index (Phi) is 3.84. The fourth-order valence-corrected chi connectivity index (χ4v) is 2.65.